The number of rotatable bonds is 3. The van der Waals surface area contributed by atoms with Gasteiger partial charge in [0.2, 0.25) is 0 Å². The smallest absolute Gasteiger partial charge is 0.122 e. The predicted octanol–water partition coefficient (Wildman–Crippen LogP) is 5.51. The van der Waals surface area contributed by atoms with Crippen LogP contribution in [0.5, 0.6) is 5.75 Å². The van der Waals surface area contributed by atoms with Crippen LogP contribution in [0, 0.1) is 0 Å². The summed E-state index contributed by atoms with van der Waals surface area (Å²) in [6.45, 7) is 2.32. The number of anilines is 1. The molecule has 1 N–H and O–H groups in total. The zero-order valence-corrected chi connectivity index (χ0v) is 14.0. The fraction of sp³-hybridized carbons (Fsp3) is 0.333. The second-order valence-corrected chi connectivity index (χ2v) is 6.60. The van der Waals surface area contributed by atoms with E-state index in [1.807, 2.05) is 12.1 Å². The predicted molar refractivity (Wildman–Crippen MR) is 91.1 cm³/mol. The molecular weight excluding hydrogens is 326 g/mol. The van der Waals surface area contributed by atoms with Gasteiger partial charge in [-0.15, -0.1) is 0 Å². The lowest BCUT2D eigenvalue weighted by Gasteiger charge is -2.31. The van der Waals surface area contributed by atoms with E-state index in [1.165, 1.54) is 17.5 Å². The molecule has 2 nitrogen and oxygen atoms in total. The van der Waals surface area contributed by atoms with Gasteiger partial charge < -0.3 is 10.1 Å². The average Bonchev–Trinajstić information content (AvgIpc) is 2.50. The molecule has 1 aliphatic rings. The Hall–Kier alpha value is -1.48. The van der Waals surface area contributed by atoms with Gasteiger partial charge in [-0.3, -0.25) is 0 Å². The molecule has 110 valence electrons. The second kappa shape index (κ2) is 6.10. The minimum absolute atomic E-state index is 0.372. The fourth-order valence-electron chi connectivity index (χ4n) is 3.12. The van der Waals surface area contributed by atoms with Crippen LogP contribution < -0.4 is 10.1 Å². The number of hydrogen-bond acceptors (Lipinski definition) is 2. The molecule has 1 aliphatic carbocycles. The lowest BCUT2D eigenvalue weighted by Crippen LogP contribution is -2.19. The number of ether oxygens (including phenoxy) is 1. The third-order valence-corrected chi connectivity index (χ3v) is 4.70. The summed E-state index contributed by atoms with van der Waals surface area (Å²) in [5.74, 6) is 1.51. The van der Waals surface area contributed by atoms with Crippen LogP contribution in [0.2, 0.25) is 0 Å². The number of halogens is 1. The average molecular weight is 346 g/mol. The molecule has 0 fully saturated rings. The van der Waals surface area contributed by atoms with Crippen molar-refractivity contribution in [2.45, 2.75) is 31.7 Å². The van der Waals surface area contributed by atoms with E-state index in [0.29, 0.717) is 12.0 Å². The van der Waals surface area contributed by atoms with E-state index < -0.39 is 0 Å². The maximum atomic E-state index is 5.34. The first kappa shape index (κ1) is 14.5. The Morgan fingerprint density at radius 3 is 2.62 bits per heavy atom. The van der Waals surface area contributed by atoms with Gasteiger partial charge in [0.1, 0.15) is 5.75 Å². The summed E-state index contributed by atoms with van der Waals surface area (Å²) >= 11 is 3.54. The largest absolute Gasteiger partial charge is 0.497 e. The summed E-state index contributed by atoms with van der Waals surface area (Å²) in [5.41, 5.74) is 3.99. The van der Waals surface area contributed by atoms with Crippen molar-refractivity contribution in [1.29, 1.82) is 0 Å². The van der Waals surface area contributed by atoms with E-state index in [0.717, 1.165) is 22.3 Å². The van der Waals surface area contributed by atoms with Gasteiger partial charge in [-0.05, 0) is 42.0 Å². The Labute approximate surface area is 134 Å². The summed E-state index contributed by atoms with van der Waals surface area (Å²) < 4.78 is 6.37. The van der Waals surface area contributed by atoms with Crippen LogP contribution in [-0.4, -0.2) is 7.11 Å². The van der Waals surface area contributed by atoms with Gasteiger partial charge in [0, 0.05) is 16.2 Å². The first-order valence-corrected chi connectivity index (χ1v) is 8.16. The molecule has 0 heterocycles. The Kier molecular flexibility index (Phi) is 4.20. The van der Waals surface area contributed by atoms with Crippen molar-refractivity contribution in [2.75, 3.05) is 12.4 Å². The molecule has 2 aromatic rings. The highest BCUT2D eigenvalue weighted by molar-refractivity contribution is 9.10. The van der Waals surface area contributed by atoms with Crippen LogP contribution >= 0.6 is 15.9 Å². The van der Waals surface area contributed by atoms with Crippen LogP contribution in [0.25, 0.3) is 0 Å². The molecule has 3 rings (SSSR count). The highest BCUT2D eigenvalue weighted by Crippen LogP contribution is 2.39. The first-order valence-electron chi connectivity index (χ1n) is 7.37. The van der Waals surface area contributed by atoms with Crippen molar-refractivity contribution in [3.05, 3.63) is 58.1 Å². The van der Waals surface area contributed by atoms with Gasteiger partial charge in [0.25, 0.3) is 0 Å². The van der Waals surface area contributed by atoms with Crippen molar-refractivity contribution in [1.82, 2.24) is 0 Å². The van der Waals surface area contributed by atoms with Gasteiger partial charge in [0.05, 0.1) is 13.2 Å². The van der Waals surface area contributed by atoms with Crippen LogP contribution in [0.3, 0.4) is 0 Å². The number of benzene rings is 2. The Bertz CT molecular complexity index is 641. The zero-order valence-electron chi connectivity index (χ0n) is 12.4. The monoisotopic (exact) mass is 345 g/mol. The van der Waals surface area contributed by atoms with Crippen LogP contribution in [0.1, 0.15) is 42.9 Å². The minimum Gasteiger partial charge on any atom is -0.497 e. The highest BCUT2D eigenvalue weighted by Gasteiger charge is 2.24. The fourth-order valence-corrected chi connectivity index (χ4v) is 3.59. The highest BCUT2D eigenvalue weighted by atomic mass is 79.9. The summed E-state index contributed by atoms with van der Waals surface area (Å²) in [7, 11) is 1.70. The molecule has 0 amide bonds. The van der Waals surface area contributed by atoms with E-state index in [-0.39, 0.29) is 0 Å². The second-order valence-electron chi connectivity index (χ2n) is 5.68. The summed E-state index contributed by atoms with van der Waals surface area (Å²) in [5, 5.41) is 3.66. The quantitative estimate of drug-likeness (QED) is 0.791. The van der Waals surface area contributed by atoms with Crippen LogP contribution in [0.15, 0.2) is 46.9 Å². The lowest BCUT2D eigenvalue weighted by atomic mass is 9.81. The topological polar surface area (TPSA) is 21.3 Å². The van der Waals surface area contributed by atoms with E-state index >= 15 is 0 Å². The zero-order chi connectivity index (χ0) is 14.8. The van der Waals surface area contributed by atoms with E-state index in [4.69, 9.17) is 4.74 Å². The standard InChI is InChI=1S/C18H20BrNO/c1-12-7-8-18(17-6-4-3-5-16(12)17)20-14-9-13(19)10-15(11-14)21-2/h3-6,9-12,18,20H,7-8H2,1-2H3. The molecule has 0 bridgehead atoms. The number of methoxy groups -OCH3 is 1. The van der Waals surface area contributed by atoms with Crippen LogP contribution in [0.4, 0.5) is 5.69 Å². The number of nitrogens with one attached hydrogen (secondary N) is 1. The molecule has 2 atom stereocenters. The number of hydrogen-bond donors (Lipinski definition) is 1. The van der Waals surface area contributed by atoms with Gasteiger partial charge in [-0.2, -0.15) is 0 Å². The third-order valence-electron chi connectivity index (χ3n) is 4.24. The van der Waals surface area contributed by atoms with Crippen molar-refractivity contribution in [3.8, 4) is 5.75 Å². The van der Waals surface area contributed by atoms with Gasteiger partial charge in [-0.1, -0.05) is 47.1 Å². The Morgan fingerprint density at radius 1 is 1.10 bits per heavy atom. The van der Waals surface area contributed by atoms with Crippen molar-refractivity contribution < 1.29 is 4.74 Å². The number of fused-ring (bicyclic) bond motifs is 1. The van der Waals surface area contributed by atoms with E-state index in [9.17, 15) is 0 Å². The SMILES string of the molecule is COc1cc(Br)cc(NC2CCC(C)c3ccccc32)c1. The minimum atomic E-state index is 0.372. The van der Waals surface area contributed by atoms with Crippen molar-refractivity contribution >= 4 is 21.6 Å². The van der Waals surface area contributed by atoms with Gasteiger partial charge in [-0.25, -0.2) is 0 Å². The maximum Gasteiger partial charge on any atom is 0.122 e. The molecule has 0 saturated carbocycles. The molecule has 21 heavy (non-hydrogen) atoms. The van der Waals surface area contributed by atoms with E-state index in [1.54, 1.807) is 7.11 Å². The van der Waals surface area contributed by atoms with Crippen molar-refractivity contribution in [2.24, 2.45) is 0 Å². The normalized spacial score (nSPS) is 20.7. The summed E-state index contributed by atoms with van der Waals surface area (Å²) in [6, 6.07) is 15.3. The van der Waals surface area contributed by atoms with Crippen molar-refractivity contribution in [3.63, 3.8) is 0 Å². The molecule has 0 saturated heterocycles. The van der Waals surface area contributed by atoms with E-state index in [2.05, 4.69) is 58.5 Å². The third kappa shape index (κ3) is 3.08. The van der Waals surface area contributed by atoms with Crippen LogP contribution in [-0.2, 0) is 0 Å². The molecule has 0 radical (unpaired) electrons. The summed E-state index contributed by atoms with van der Waals surface area (Å²) in [4.78, 5) is 0. The summed E-state index contributed by atoms with van der Waals surface area (Å²) in [6.07, 6.45) is 2.38. The molecule has 2 aromatic carbocycles. The lowest BCUT2D eigenvalue weighted by molar-refractivity contribution is 0.414. The Morgan fingerprint density at radius 2 is 1.86 bits per heavy atom. The molecule has 0 aliphatic heterocycles. The van der Waals surface area contributed by atoms with Gasteiger partial charge in [0.15, 0.2) is 0 Å². The molecule has 2 unspecified atom stereocenters. The van der Waals surface area contributed by atoms with Gasteiger partial charge >= 0.3 is 0 Å². The maximum absolute atomic E-state index is 5.34. The molecular formula is C18H20BrNO. The molecule has 0 spiro atoms. The molecule has 0 aromatic heterocycles. The molecule has 3 heteroatoms. The first-order chi connectivity index (χ1) is 10.2. The Balaban J connectivity index is 1.89.